The molecule has 0 fully saturated rings. The Bertz CT molecular complexity index is 1390. The first-order chi connectivity index (χ1) is 15.7. The van der Waals surface area contributed by atoms with E-state index in [1.165, 1.54) is 0 Å². The highest BCUT2D eigenvalue weighted by molar-refractivity contribution is 6.06. The van der Waals surface area contributed by atoms with Gasteiger partial charge in [0.1, 0.15) is 12.1 Å². The van der Waals surface area contributed by atoms with E-state index in [4.69, 9.17) is 9.26 Å². The molecule has 32 heavy (non-hydrogen) atoms. The number of hydrogen-bond donors (Lipinski definition) is 1. The van der Waals surface area contributed by atoms with Gasteiger partial charge in [-0.05, 0) is 48.5 Å². The lowest BCUT2D eigenvalue weighted by Crippen LogP contribution is -2.14. The van der Waals surface area contributed by atoms with Crippen LogP contribution in [0.1, 0.15) is 22.1 Å². The number of hydrogen-bond acceptors (Lipinski definition) is 6. The van der Waals surface area contributed by atoms with Crippen LogP contribution in [0.15, 0.2) is 83.6 Å². The molecule has 2 heterocycles. The molecule has 158 valence electrons. The van der Waals surface area contributed by atoms with Crippen molar-refractivity contribution in [3.8, 4) is 11.4 Å². The predicted molar refractivity (Wildman–Crippen MR) is 119 cm³/mol. The maximum absolute atomic E-state index is 12.9. The van der Waals surface area contributed by atoms with Crippen LogP contribution < -0.4 is 10.1 Å². The minimum Gasteiger partial charge on any atom is -0.485 e. The number of aryl methyl sites for hydroxylation is 1. The number of benzene rings is 3. The van der Waals surface area contributed by atoms with Crippen LogP contribution in [-0.2, 0) is 6.61 Å². The van der Waals surface area contributed by atoms with Crippen LogP contribution in [0.5, 0.6) is 5.75 Å². The van der Waals surface area contributed by atoms with Crippen LogP contribution in [0.4, 0.5) is 5.69 Å². The average Bonchev–Trinajstić information content (AvgIpc) is 3.44. The molecule has 3 aromatic carbocycles. The van der Waals surface area contributed by atoms with Crippen molar-refractivity contribution in [1.29, 1.82) is 0 Å². The van der Waals surface area contributed by atoms with Crippen LogP contribution in [0.3, 0.4) is 0 Å². The fraction of sp³-hybridized carbons (Fsp3) is 0.0833. The van der Waals surface area contributed by atoms with Crippen LogP contribution in [0.2, 0.25) is 0 Å². The summed E-state index contributed by atoms with van der Waals surface area (Å²) in [7, 11) is 0. The quantitative estimate of drug-likeness (QED) is 0.429. The van der Waals surface area contributed by atoms with Gasteiger partial charge in [0.25, 0.3) is 5.91 Å². The van der Waals surface area contributed by atoms with Gasteiger partial charge in [-0.15, -0.1) is 0 Å². The summed E-state index contributed by atoms with van der Waals surface area (Å²) in [6.45, 7) is 1.81. The third kappa shape index (κ3) is 3.93. The van der Waals surface area contributed by atoms with Gasteiger partial charge < -0.3 is 14.6 Å². The number of ether oxygens (including phenoxy) is 1. The Morgan fingerprint density at radius 3 is 2.62 bits per heavy atom. The molecule has 0 saturated carbocycles. The lowest BCUT2D eigenvalue weighted by atomic mass is 10.1. The van der Waals surface area contributed by atoms with E-state index in [0.29, 0.717) is 28.7 Å². The van der Waals surface area contributed by atoms with Crippen LogP contribution in [0, 0.1) is 6.92 Å². The Balaban J connectivity index is 1.31. The van der Waals surface area contributed by atoms with Gasteiger partial charge in [-0.25, -0.2) is 4.98 Å². The van der Waals surface area contributed by atoms with Crippen molar-refractivity contribution in [3.05, 3.63) is 96.4 Å². The molecule has 0 spiro atoms. The van der Waals surface area contributed by atoms with E-state index in [2.05, 4.69) is 20.4 Å². The summed E-state index contributed by atoms with van der Waals surface area (Å²) in [5, 5.41) is 6.72. The van der Waals surface area contributed by atoms with Gasteiger partial charge in [0.15, 0.2) is 6.61 Å². The molecule has 0 atom stereocenters. The highest BCUT2D eigenvalue weighted by atomic mass is 16.5. The van der Waals surface area contributed by atoms with E-state index in [9.17, 15) is 4.79 Å². The molecule has 0 aliphatic heterocycles. The summed E-state index contributed by atoms with van der Waals surface area (Å²) >= 11 is 0. The number of carbonyl (C=O) groups is 1. The number of amides is 1. The first kappa shape index (κ1) is 19.5. The van der Waals surface area contributed by atoms with E-state index in [0.717, 1.165) is 16.7 Å². The molecule has 5 aromatic rings. The molecule has 8 nitrogen and oxygen atoms in total. The standard InChI is InChI=1S/C24H19N5O3/c1-16-26-23(28-32-16)14-31-22-9-5-2-6-19(22)24(30)27-17-10-12-18(13-11-17)29-15-25-20-7-3-4-8-21(20)29/h2-13,15H,14H2,1H3,(H,27,30). The first-order valence-corrected chi connectivity index (χ1v) is 10.0. The molecule has 1 N–H and O–H groups in total. The number of fused-ring (bicyclic) bond motifs is 1. The molecule has 0 unspecified atom stereocenters. The summed E-state index contributed by atoms with van der Waals surface area (Å²) in [5.74, 6) is 1.04. The number of rotatable bonds is 6. The van der Waals surface area contributed by atoms with Crippen molar-refractivity contribution < 1.29 is 14.1 Å². The second kappa shape index (κ2) is 8.35. The summed E-state index contributed by atoms with van der Waals surface area (Å²) in [5.41, 5.74) is 3.99. The first-order valence-electron chi connectivity index (χ1n) is 10.0. The minimum absolute atomic E-state index is 0.106. The summed E-state index contributed by atoms with van der Waals surface area (Å²) in [6, 6.07) is 22.5. The minimum atomic E-state index is -0.272. The molecule has 5 rings (SSSR count). The van der Waals surface area contributed by atoms with Crippen LogP contribution in [0.25, 0.3) is 16.7 Å². The maximum Gasteiger partial charge on any atom is 0.259 e. The van der Waals surface area contributed by atoms with Crippen LogP contribution in [-0.4, -0.2) is 25.6 Å². The Morgan fingerprint density at radius 1 is 1.03 bits per heavy atom. The van der Waals surface area contributed by atoms with E-state index < -0.39 is 0 Å². The summed E-state index contributed by atoms with van der Waals surface area (Å²) in [4.78, 5) is 21.4. The van der Waals surface area contributed by atoms with Gasteiger partial charge in [-0.1, -0.05) is 29.4 Å². The lowest BCUT2D eigenvalue weighted by molar-refractivity contribution is 0.102. The number of anilines is 1. The Morgan fingerprint density at radius 2 is 1.81 bits per heavy atom. The molecule has 0 aliphatic rings. The zero-order chi connectivity index (χ0) is 21.9. The van der Waals surface area contributed by atoms with Crippen molar-refractivity contribution in [2.75, 3.05) is 5.32 Å². The summed E-state index contributed by atoms with van der Waals surface area (Å²) in [6.07, 6.45) is 1.79. The molecule has 2 aromatic heterocycles. The topological polar surface area (TPSA) is 95.1 Å². The second-order valence-corrected chi connectivity index (χ2v) is 7.12. The van der Waals surface area contributed by atoms with Gasteiger partial charge >= 0.3 is 0 Å². The van der Waals surface area contributed by atoms with Crippen molar-refractivity contribution in [3.63, 3.8) is 0 Å². The van der Waals surface area contributed by atoms with Crippen molar-refractivity contribution >= 4 is 22.6 Å². The zero-order valence-corrected chi connectivity index (χ0v) is 17.2. The number of carbonyl (C=O) groups excluding carboxylic acids is 1. The molecule has 0 radical (unpaired) electrons. The molecule has 1 amide bonds. The fourth-order valence-electron chi connectivity index (χ4n) is 3.39. The van der Waals surface area contributed by atoms with Gasteiger partial charge in [-0.3, -0.25) is 9.36 Å². The Kier molecular flexibility index (Phi) is 5.09. The van der Waals surface area contributed by atoms with E-state index >= 15 is 0 Å². The molecule has 0 aliphatic carbocycles. The largest absolute Gasteiger partial charge is 0.485 e. The Labute approximate surface area is 183 Å². The highest BCUT2D eigenvalue weighted by Crippen LogP contribution is 2.23. The van der Waals surface area contributed by atoms with Crippen molar-refractivity contribution in [2.24, 2.45) is 0 Å². The molecular weight excluding hydrogens is 406 g/mol. The van der Waals surface area contributed by atoms with Gasteiger partial charge in [0, 0.05) is 18.3 Å². The number of aromatic nitrogens is 4. The van der Waals surface area contributed by atoms with Crippen molar-refractivity contribution in [1.82, 2.24) is 19.7 Å². The third-order valence-electron chi connectivity index (χ3n) is 4.91. The molecule has 8 heteroatoms. The Hall–Kier alpha value is -4.46. The van der Waals surface area contributed by atoms with E-state index in [1.807, 2.05) is 53.1 Å². The van der Waals surface area contributed by atoms with Crippen LogP contribution >= 0.6 is 0 Å². The lowest BCUT2D eigenvalue weighted by Gasteiger charge is -2.11. The number of nitrogens with zero attached hydrogens (tertiary/aromatic N) is 4. The zero-order valence-electron chi connectivity index (χ0n) is 17.2. The third-order valence-corrected chi connectivity index (χ3v) is 4.91. The van der Waals surface area contributed by atoms with Gasteiger partial charge in [-0.2, -0.15) is 4.98 Å². The molecule has 0 bridgehead atoms. The average molecular weight is 425 g/mol. The van der Waals surface area contributed by atoms with Gasteiger partial charge in [0.2, 0.25) is 11.7 Å². The normalized spacial score (nSPS) is 10.9. The van der Waals surface area contributed by atoms with E-state index in [-0.39, 0.29) is 12.5 Å². The highest BCUT2D eigenvalue weighted by Gasteiger charge is 2.14. The smallest absolute Gasteiger partial charge is 0.259 e. The summed E-state index contributed by atoms with van der Waals surface area (Å²) < 4.78 is 12.7. The van der Waals surface area contributed by atoms with E-state index in [1.54, 1.807) is 37.5 Å². The fourth-order valence-corrected chi connectivity index (χ4v) is 3.39. The SMILES string of the molecule is Cc1nc(COc2ccccc2C(=O)Nc2ccc(-n3cnc4ccccc43)cc2)no1. The monoisotopic (exact) mass is 425 g/mol. The van der Waals surface area contributed by atoms with Gasteiger partial charge in [0.05, 0.1) is 16.6 Å². The number of nitrogens with one attached hydrogen (secondary N) is 1. The second-order valence-electron chi connectivity index (χ2n) is 7.12. The number of imidazole rings is 1. The maximum atomic E-state index is 12.9. The predicted octanol–water partition coefficient (Wildman–Crippen LogP) is 4.55. The number of para-hydroxylation sites is 3. The van der Waals surface area contributed by atoms with Crippen molar-refractivity contribution in [2.45, 2.75) is 13.5 Å². The molecular formula is C24H19N5O3. The molecule has 0 saturated heterocycles.